The van der Waals surface area contributed by atoms with Gasteiger partial charge in [0.15, 0.2) is 0 Å². The molecule has 0 bridgehead atoms. The molecule has 1 aromatic carbocycles. The SMILES string of the molecule is CCCCCC1CCC(c2ccc(C)cc2)CO1. The maximum Gasteiger partial charge on any atom is 0.0575 e. The highest BCUT2D eigenvalue weighted by atomic mass is 16.5. The van der Waals surface area contributed by atoms with Crippen LogP contribution < -0.4 is 0 Å². The summed E-state index contributed by atoms with van der Waals surface area (Å²) < 4.78 is 6.02. The molecule has 2 unspecified atom stereocenters. The van der Waals surface area contributed by atoms with Crippen LogP contribution in [0.4, 0.5) is 0 Å². The average molecular weight is 246 g/mol. The van der Waals surface area contributed by atoms with Crippen molar-refractivity contribution in [3.8, 4) is 0 Å². The lowest BCUT2D eigenvalue weighted by molar-refractivity contribution is -0.00207. The maximum absolute atomic E-state index is 6.02. The molecule has 18 heavy (non-hydrogen) atoms. The first kappa shape index (κ1) is 13.6. The normalized spacial score (nSPS) is 24.1. The van der Waals surface area contributed by atoms with Crippen LogP contribution in [0.15, 0.2) is 24.3 Å². The first-order chi connectivity index (χ1) is 8.79. The van der Waals surface area contributed by atoms with Crippen molar-refractivity contribution >= 4 is 0 Å². The monoisotopic (exact) mass is 246 g/mol. The van der Waals surface area contributed by atoms with E-state index in [-0.39, 0.29) is 0 Å². The van der Waals surface area contributed by atoms with Crippen LogP contribution in [-0.2, 0) is 4.74 Å². The van der Waals surface area contributed by atoms with Gasteiger partial charge in [-0.1, -0.05) is 56.0 Å². The molecule has 1 aliphatic heterocycles. The van der Waals surface area contributed by atoms with Crippen molar-refractivity contribution in [2.24, 2.45) is 0 Å². The third-order valence-electron chi connectivity index (χ3n) is 4.05. The Bertz CT molecular complexity index is 333. The van der Waals surface area contributed by atoms with E-state index in [2.05, 4.69) is 38.1 Å². The first-order valence-electron chi connectivity index (χ1n) is 7.47. The van der Waals surface area contributed by atoms with Crippen molar-refractivity contribution < 1.29 is 4.74 Å². The van der Waals surface area contributed by atoms with Gasteiger partial charge in [-0.3, -0.25) is 0 Å². The van der Waals surface area contributed by atoms with E-state index in [1.165, 1.54) is 49.7 Å². The molecule has 100 valence electrons. The van der Waals surface area contributed by atoms with Crippen molar-refractivity contribution in [3.63, 3.8) is 0 Å². The average Bonchev–Trinajstić information content (AvgIpc) is 2.41. The zero-order valence-electron chi connectivity index (χ0n) is 11.8. The Morgan fingerprint density at radius 3 is 2.50 bits per heavy atom. The summed E-state index contributed by atoms with van der Waals surface area (Å²) in [5.41, 5.74) is 2.79. The molecule has 1 nitrogen and oxygen atoms in total. The number of unbranched alkanes of at least 4 members (excludes halogenated alkanes) is 2. The van der Waals surface area contributed by atoms with E-state index in [0.717, 1.165) is 6.61 Å². The Hall–Kier alpha value is -0.820. The Balaban J connectivity index is 1.77. The summed E-state index contributed by atoms with van der Waals surface area (Å²) in [7, 11) is 0. The molecule has 0 amide bonds. The summed E-state index contributed by atoms with van der Waals surface area (Å²) in [5.74, 6) is 0.619. The minimum absolute atomic E-state index is 0.526. The minimum atomic E-state index is 0.526. The van der Waals surface area contributed by atoms with Crippen molar-refractivity contribution in [2.45, 2.75) is 64.4 Å². The van der Waals surface area contributed by atoms with Gasteiger partial charge in [0.2, 0.25) is 0 Å². The van der Waals surface area contributed by atoms with Crippen LogP contribution in [0.5, 0.6) is 0 Å². The van der Waals surface area contributed by atoms with E-state index >= 15 is 0 Å². The first-order valence-corrected chi connectivity index (χ1v) is 7.47. The lowest BCUT2D eigenvalue weighted by Crippen LogP contribution is -2.24. The highest BCUT2D eigenvalue weighted by Gasteiger charge is 2.22. The molecule has 2 rings (SSSR count). The van der Waals surface area contributed by atoms with Gasteiger partial charge >= 0.3 is 0 Å². The summed E-state index contributed by atoms with van der Waals surface area (Å²) in [6.45, 7) is 5.32. The molecule has 0 N–H and O–H groups in total. The van der Waals surface area contributed by atoms with E-state index in [1.54, 1.807) is 0 Å². The van der Waals surface area contributed by atoms with Crippen LogP contribution >= 0.6 is 0 Å². The summed E-state index contributed by atoms with van der Waals surface area (Å²) in [4.78, 5) is 0. The minimum Gasteiger partial charge on any atom is -0.378 e. The van der Waals surface area contributed by atoms with Crippen molar-refractivity contribution in [3.05, 3.63) is 35.4 Å². The number of ether oxygens (including phenoxy) is 1. The molecule has 1 fully saturated rings. The van der Waals surface area contributed by atoms with Crippen LogP contribution in [-0.4, -0.2) is 12.7 Å². The molecule has 0 aliphatic carbocycles. The van der Waals surface area contributed by atoms with E-state index in [1.807, 2.05) is 0 Å². The number of rotatable bonds is 5. The number of hydrogen-bond acceptors (Lipinski definition) is 1. The third kappa shape index (κ3) is 3.84. The van der Waals surface area contributed by atoms with E-state index < -0.39 is 0 Å². The molecule has 1 aliphatic rings. The summed E-state index contributed by atoms with van der Waals surface area (Å²) in [5, 5.41) is 0. The number of hydrogen-bond donors (Lipinski definition) is 0. The van der Waals surface area contributed by atoms with Gasteiger partial charge in [0.25, 0.3) is 0 Å². The van der Waals surface area contributed by atoms with Crippen LogP contribution in [0, 0.1) is 6.92 Å². The van der Waals surface area contributed by atoms with E-state index in [0.29, 0.717) is 12.0 Å². The van der Waals surface area contributed by atoms with Gasteiger partial charge in [-0.25, -0.2) is 0 Å². The van der Waals surface area contributed by atoms with E-state index in [4.69, 9.17) is 4.74 Å². The second-order valence-corrected chi connectivity index (χ2v) is 5.64. The number of aryl methyl sites for hydroxylation is 1. The second-order valence-electron chi connectivity index (χ2n) is 5.64. The fourth-order valence-electron chi connectivity index (χ4n) is 2.76. The Kier molecular flexibility index (Phi) is 5.25. The molecule has 0 spiro atoms. The molecule has 0 aromatic heterocycles. The van der Waals surface area contributed by atoms with Gasteiger partial charge in [-0.15, -0.1) is 0 Å². The topological polar surface area (TPSA) is 9.23 Å². The fraction of sp³-hybridized carbons (Fsp3) is 0.647. The fourth-order valence-corrected chi connectivity index (χ4v) is 2.76. The van der Waals surface area contributed by atoms with Gasteiger partial charge in [0.1, 0.15) is 0 Å². The molecule has 1 heteroatoms. The lowest BCUT2D eigenvalue weighted by atomic mass is 9.90. The molecule has 0 saturated carbocycles. The molecule has 0 radical (unpaired) electrons. The summed E-state index contributed by atoms with van der Waals surface area (Å²) in [6, 6.07) is 8.95. The third-order valence-corrected chi connectivity index (χ3v) is 4.05. The molecular weight excluding hydrogens is 220 g/mol. The van der Waals surface area contributed by atoms with E-state index in [9.17, 15) is 0 Å². The highest BCUT2D eigenvalue weighted by Crippen LogP contribution is 2.30. The zero-order chi connectivity index (χ0) is 12.8. The quantitative estimate of drug-likeness (QED) is 0.676. The van der Waals surface area contributed by atoms with Gasteiger partial charge in [0, 0.05) is 5.92 Å². The highest BCUT2D eigenvalue weighted by molar-refractivity contribution is 5.24. The van der Waals surface area contributed by atoms with Crippen LogP contribution in [0.1, 0.15) is 62.5 Å². The van der Waals surface area contributed by atoms with Crippen LogP contribution in [0.25, 0.3) is 0 Å². The summed E-state index contributed by atoms with van der Waals surface area (Å²) in [6.07, 6.45) is 8.30. The Morgan fingerprint density at radius 2 is 1.89 bits per heavy atom. The standard InChI is InChI=1S/C17H26O/c1-3-4-5-6-17-12-11-16(13-18-17)15-9-7-14(2)8-10-15/h7-10,16-17H,3-6,11-13H2,1-2H3. The molecule has 2 atom stereocenters. The number of benzene rings is 1. The van der Waals surface area contributed by atoms with Crippen molar-refractivity contribution in [1.29, 1.82) is 0 Å². The van der Waals surface area contributed by atoms with Gasteiger partial charge in [0.05, 0.1) is 12.7 Å². The smallest absolute Gasteiger partial charge is 0.0575 e. The lowest BCUT2D eigenvalue weighted by Gasteiger charge is -2.29. The van der Waals surface area contributed by atoms with Gasteiger partial charge in [-0.2, -0.15) is 0 Å². The van der Waals surface area contributed by atoms with Crippen LogP contribution in [0.2, 0.25) is 0 Å². The van der Waals surface area contributed by atoms with Crippen LogP contribution in [0.3, 0.4) is 0 Å². The van der Waals surface area contributed by atoms with Gasteiger partial charge in [-0.05, 0) is 31.7 Å². The van der Waals surface area contributed by atoms with Gasteiger partial charge < -0.3 is 4.74 Å². The zero-order valence-corrected chi connectivity index (χ0v) is 11.8. The second kappa shape index (κ2) is 6.94. The summed E-state index contributed by atoms with van der Waals surface area (Å²) >= 11 is 0. The molecular formula is C17H26O. The molecule has 1 aromatic rings. The molecule has 1 saturated heterocycles. The predicted octanol–water partition coefficient (Wildman–Crippen LogP) is 4.84. The maximum atomic E-state index is 6.02. The Labute approximate surface area is 112 Å². The Morgan fingerprint density at radius 1 is 1.11 bits per heavy atom. The largest absolute Gasteiger partial charge is 0.378 e. The predicted molar refractivity (Wildman–Crippen MR) is 77.0 cm³/mol. The van der Waals surface area contributed by atoms with Crippen molar-refractivity contribution in [1.82, 2.24) is 0 Å². The molecule has 1 heterocycles. The van der Waals surface area contributed by atoms with Crippen molar-refractivity contribution in [2.75, 3.05) is 6.61 Å².